The molecule has 1 aliphatic carbocycles. The van der Waals surface area contributed by atoms with E-state index in [2.05, 4.69) is 5.32 Å². The molecule has 1 aromatic carbocycles. The summed E-state index contributed by atoms with van der Waals surface area (Å²) in [6.07, 6.45) is 8.18. The second-order valence-corrected chi connectivity index (χ2v) is 5.91. The molecule has 108 valence electrons. The molecule has 1 aliphatic rings. The topological polar surface area (TPSA) is 55.1 Å². The van der Waals surface area contributed by atoms with E-state index in [-0.39, 0.29) is 11.8 Å². The zero-order valence-electron chi connectivity index (χ0n) is 11.7. The molecule has 0 aliphatic heterocycles. The van der Waals surface area contributed by atoms with Crippen molar-refractivity contribution in [1.82, 2.24) is 0 Å². The number of rotatable bonds is 3. The second-order valence-electron chi connectivity index (χ2n) is 5.47. The third-order valence-corrected chi connectivity index (χ3v) is 4.15. The van der Waals surface area contributed by atoms with Crippen molar-refractivity contribution >= 4 is 28.8 Å². The number of amides is 1. The van der Waals surface area contributed by atoms with Gasteiger partial charge in [0.15, 0.2) is 0 Å². The Morgan fingerprint density at radius 3 is 2.15 bits per heavy atom. The van der Waals surface area contributed by atoms with Crippen LogP contribution in [0.25, 0.3) is 0 Å². The van der Waals surface area contributed by atoms with Gasteiger partial charge in [0, 0.05) is 17.2 Å². The molecule has 0 aromatic heterocycles. The predicted molar refractivity (Wildman–Crippen MR) is 86.8 cm³/mol. The largest absolute Gasteiger partial charge is 0.389 e. The highest BCUT2D eigenvalue weighted by Crippen LogP contribution is 2.23. The zero-order chi connectivity index (χ0) is 14.4. The lowest BCUT2D eigenvalue weighted by Gasteiger charge is -2.19. The normalized spacial score (nSPS) is 17.0. The van der Waals surface area contributed by atoms with Gasteiger partial charge >= 0.3 is 0 Å². The molecule has 3 N–H and O–H groups in total. The van der Waals surface area contributed by atoms with E-state index in [1.54, 1.807) is 0 Å². The summed E-state index contributed by atoms with van der Waals surface area (Å²) in [4.78, 5) is 12.7. The van der Waals surface area contributed by atoms with Crippen molar-refractivity contribution < 1.29 is 4.79 Å². The van der Waals surface area contributed by atoms with Crippen LogP contribution in [0.4, 0.5) is 5.69 Å². The highest BCUT2D eigenvalue weighted by molar-refractivity contribution is 7.80. The molecule has 0 spiro atoms. The summed E-state index contributed by atoms with van der Waals surface area (Å²) in [5.74, 6) is 0.306. The lowest BCUT2D eigenvalue weighted by Crippen LogP contribution is -2.23. The van der Waals surface area contributed by atoms with Gasteiger partial charge in [-0.3, -0.25) is 4.79 Å². The van der Waals surface area contributed by atoms with Gasteiger partial charge in [-0.15, -0.1) is 0 Å². The first-order valence-corrected chi connectivity index (χ1v) is 7.78. The first-order valence-electron chi connectivity index (χ1n) is 7.37. The van der Waals surface area contributed by atoms with Crippen molar-refractivity contribution in [2.75, 3.05) is 5.32 Å². The van der Waals surface area contributed by atoms with Crippen molar-refractivity contribution in [2.45, 2.75) is 44.9 Å². The maximum absolute atomic E-state index is 12.3. The Morgan fingerprint density at radius 2 is 1.60 bits per heavy atom. The predicted octanol–water partition coefficient (Wildman–Crippen LogP) is 3.62. The number of anilines is 1. The summed E-state index contributed by atoms with van der Waals surface area (Å²) in [7, 11) is 0. The molecule has 0 bridgehead atoms. The van der Waals surface area contributed by atoms with Gasteiger partial charge in [0.1, 0.15) is 4.99 Å². The fourth-order valence-electron chi connectivity index (χ4n) is 2.68. The Morgan fingerprint density at radius 1 is 1.05 bits per heavy atom. The van der Waals surface area contributed by atoms with E-state index in [9.17, 15) is 4.79 Å². The third kappa shape index (κ3) is 4.30. The molecule has 1 aromatic rings. The molecule has 0 saturated heterocycles. The number of carbonyl (C=O) groups is 1. The molecule has 1 amide bonds. The number of nitrogens with one attached hydrogen (secondary N) is 1. The summed E-state index contributed by atoms with van der Waals surface area (Å²) < 4.78 is 0. The van der Waals surface area contributed by atoms with Crippen LogP contribution in [0.2, 0.25) is 0 Å². The zero-order valence-corrected chi connectivity index (χ0v) is 12.5. The van der Waals surface area contributed by atoms with Gasteiger partial charge in [-0.2, -0.15) is 0 Å². The van der Waals surface area contributed by atoms with Crippen molar-refractivity contribution in [3.63, 3.8) is 0 Å². The molecule has 0 unspecified atom stereocenters. The van der Waals surface area contributed by atoms with Crippen LogP contribution in [0.1, 0.15) is 50.5 Å². The fraction of sp³-hybridized carbons (Fsp3) is 0.500. The monoisotopic (exact) mass is 290 g/mol. The molecule has 3 nitrogen and oxygen atoms in total. The molecule has 1 fully saturated rings. The van der Waals surface area contributed by atoms with Crippen LogP contribution >= 0.6 is 12.2 Å². The number of hydrogen-bond donors (Lipinski definition) is 2. The van der Waals surface area contributed by atoms with Crippen LogP contribution in [0.5, 0.6) is 0 Å². The van der Waals surface area contributed by atoms with Crippen LogP contribution in [0.3, 0.4) is 0 Å². The molecule has 0 heterocycles. The van der Waals surface area contributed by atoms with Gasteiger partial charge in [0.05, 0.1) is 0 Å². The van der Waals surface area contributed by atoms with Gasteiger partial charge in [0.25, 0.3) is 0 Å². The minimum atomic E-state index is 0.148. The smallest absolute Gasteiger partial charge is 0.227 e. The van der Waals surface area contributed by atoms with Crippen LogP contribution < -0.4 is 11.1 Å². The van der Waals surface area contributed by atoms with Gasteiger partial charge in [-0.25, -0.2) is 0 Å². The summed E-state index contributed by atoms with van der Waals surface area (Å²) in [6.45, 7) is 0. The SMILES string of the molecule is NC(=S)c1ccc(NC(=O)C2CCCCCCC2)cc1. The van der Waals surface area contributed by atoms with E-state index in [1.165, 1.54) is 32.1 Å². The molecular formula is C16H22N2OS. The van der Waals surface area contributed by atoms with E-state index in [0.717, 1.165) is 24.1 Å². The maximum Gasteiger partial charge on any atom is 0.227 e. The summed E-state index contributed by atoms with van der Waals surface area (Å²) in [5, 5.41) is 3.00. The second kappa shape index (κ2) is 7.39. The van der Waals surface area contributed by atoms with Crippen LogP contribution in [0, 0.1) is 5.92 Å². The van der Waals surface area contributed by atoms with Crippen molar-refractivity contribution in [1.29, 1.82) is 0 Å². The van der Waals surface area contributed by atoms with E-state index < -0.39 is 0 Å². The Kier molecular flexibility index (Phi) is 5.53. The van der Waals surface area contributed by atoms with Gasteiger partial charge < -0.3 is 11.1 Å². The molecule has 20 heavy (non-hydrogen) atoms. The highest BCUT2D eigenvalue weighted by Gasteiger charge is 2.19. The van der Waals surface area contributed by atoms with Crippen molar-refractivity contribution in [3.05, 3.63) is 29.8 Å². The lowest BCUT2D eigenvalue weighted by atomic mass is 9.90. The number of carbonyl (C=O) groups excluding carboxylic acids is 1. The lowest BCUT2D eigenvalue weighted by molar-refractivity contribution is -0.120. The maximum atomic E-state index is 12.3. The van der Waals surface area contributed by atoms with Gasteiger partial charge in [0.2, 0.25) is 5.91 Å². The number of benzene rings is 1. The van der Waals surface area contributed by atoms with Gasteiger partial charge in [-0.1, -0.05) is 44.3 Å². The molecule has 0 radical (unpaired) electrons. The molecule has 2 rings (SSSR count). The van der Waals surface area contributed by atoms with Crippen LogP contribution in [-0.4, -0.2) is 10.9 Å². The van der Waals surface area contributed by atoms with E-state index in [1.807, 2.05) is 24.3 Å². The fourth-order valence-corrected chi connectivity index (χ4v) is 2.82. The quantitative estimate of drug-likeness (QED) is 0.836. The van der Waals surface area contributed by atoms with Crippen LogP contribution in [-0.2, 0) is 4.79 Å². The molecule has 1 saturated carbocycles. The number of hydrogen-bond acceptors (Lipinski definition) is 2. The number of nitrogens with two attached hydrogens (primary N) is 1. The Hall–Kier alpha value is -1.42. The van der Waals surface area contributed by atoms with Crippen LogP contribution in [0.15, 0.2) is 24.3 Å². The minimum absolute atomic E-state index is 0.148. The van der Waals surface area contributed by atoms with E-state index in [0.29, 0.717) is 4.99 Å². The molecule has 4 heteroatoms. The first-order chi connectivity index (χ1) is 9.66. The van der Waals surface area contributed by atoms with E-state index in [4.69, 9.17) is 18.0 Å². The third-order valence-electron chi connectivity index (χ3n) is 3.91. The highest BCUT2D eigenvalue weighted by atomic mass is 32.1. The Balaban J connectivity index is 1.93. The Bertz CT molecular complexity index is 462. The van der Waals surface area contributed by atoms with Gasteiger partial charge in [-0.05, 0) is 37.1 Å². The molecular weight excluding hydrogens is 268 g/mol. The average Bonchev–Trinajstić information content (AvgIpc) is 2.38. The summed E-state index contributed by atoms with van der Waals surface area (Å²) >= 11 is 4.91. The van der Waals surface area contributed by atoms with E-state index >= 15 is 0 Å². The number of thiocarbonyl (C=S) groups is 1. The molecule has 0 atom stereocenters. The van der Waals surface area contributed by atoms with Crippen molar-refractivity contribution in [3.8, 4) is 0 Å². The Labute approximate surface area is 125 Å². The standard InChI is InChI=1S/C16H22N2OS/c17-15(20)12-8-10-14(11-9-12)18-16(19)13-6-4-2-1-3-5-7-13/h8-11,13H,1-7H2,(H2,17,20)(H,18,19). The average molecular weight is 290 g/mol. The first kappa shape index (κ1) is 15.0. The summed E-state index contributed by atoms with van der Waals surface area (Å²) in [6, 6.07) is 7.40. The minimum Gasteiger partial charge on any atom is -0.389 e. The summed E-state index contributed by atoms with van der Waals surface area (Å²) in [5.41, 5.74) is 7.20. The van der Waals surface area contributed by atoms with Crippen molar-refractivity contribution in [2.24, 2.45) is 11.7 Å².